The Bertz CT molecular complexity index is 271. The lowest BCUT2D eigenvalue weighted by Gasteiger charge is -2.23. The Morgan fingerprint density at radius 1 is 1.67 bits per heavy atom. The number of hydrogen-bond acceptors (Lipinski definition) is 3. The molecule has 1 rings (SSSR count). The molecule has 3 nitrogen and oxygen atoms in total. The van der Waals surface area contributed by atoms with Crippen molar-refractivity contribution in [2.24, 2.45) is 5.73 Å². The first-order valence-electron chi connectivity index (χ1n) is 3.90. The minimum absolute atomic E-state index is 0.0699. The molecule has 1 aromatic rings. The molecule has 3 N–H and O–H groups in total. The Labute approximate surface area is 72.2 Å². The maximum atomic E-state index is 9.02. The third-order valence-electron chi connectivity index (χ3n) is 1.95. The van der Waals surface area contributed by atoms with Gasteiger partial charge in [-0.3, -0.25) is 4.98 Å². The summed E-state index contributed by atoms with van der Waals surface area (Å²) in [6, 6.07) is 3.71. The van der Waals surface area contributed by atoms with Crippen LogP contribution in [0.2, 0.25) is 0 Å². The summed E-state index contributed by atoms with van der Waals surface area (Å²) in [4.78, 5) is 4.10. The van der Waals surface area contributed by atoms with Gasteiger partial charge in [0.2, 0.25) is 0 Å². The minimum atomic E-state index is -0.682. The Hall–Kier alpha value is -0.930. The summed E-state index contributed by atoms with van der Waals surface area (Å²) in [5.41, 5.74) is 6.93. The molecule has 0 spiro atoms. The summed E-state index contributed by atoms with van der Waals surface area (Å²) in [5, 5.41) is 9.02. The predicted octanol–water partition coefficient (Wildman–Crippen LogP) is 0.556. The molecule has 0 aliphatic carbocycles. The lowest BCUT2D eigenvalue weighted by atomic mass is 9.93. The van der Waals surface area contributed by atoms with Crippen LogP contribution < -0.4 is 5.73 Å². The van der Waals surface area contributed by atoms with Crippen molar-refractivity contribution in [2.45, 2.75) is 19.4 Å². The molecule has 0 aliphatic heterocycles. The van der Waals surface area contributed by atoms with Crippen LogP contribution in [0.1, 0.15) is 18.2 Å². The number of nitrogens with zero attached hydrogens (tertiary/aromatic N) is 1. The van der Waals surface area contributed by atoms with Crippen LogP contribution in [-0.2, 0) is 5.54 Å². The average molecular weight is 166 g/mol. The third kappa shape index (κ3) is 1.62. The van der Waals surface area contributed by atoms with Gasteiger partial charge in [0, 0.05) is 11.9 Å². The fourth-order valence-electron chi connectivity index (χ4n) is 1.17. The van der Waals surface area contributed by atoms with E-state index in [1.165, 1.54) is 0 Å². The second-order valence-electron chi connectivity index (χ2n) is 3.21. The van der Waals surface area contributed by atoms with Crippen molar-refractivity contribution in [2.75, 3.05) is 6.61 Å². The van der Waals surface area contributed by atoms with E-state index in [1.54, 1.807) is 13.1 Å². The van der Waals surface area contributed by atoms with Crippen LogP contribution in [-0.4, -0.2) is 16.7 Å². The van der Waals surface area contributed by atoms with Gasteiger partial charge in [0.25, 0.3) is 0 Å². The molecule has 1 aromatic heterocycles. The highest BCUT2D eigenvalue weighted by molar-refractivity contribution is 5.26. The molecule has 1 unspecified atom stereocenters. The molecule has 3 heteroatoms. The Balaban J connectivity index is 3.10. The second-order valence-corrected chi connectivity index (χ2v) is 3.21. The van der Waals surface area contributed by atoms with Crippen LogP contribution in [0.15, 0.2) is 18.3 Å². The third-order valence-corrected chi connectivity index (χ3v) is 1.95. The van der Waals surface area contributed by atoms with Gasteiger partial charge in [-0.1, -0.05) is 6.07 Å². The standard InChI is InChI=1S/C9H14N2O/c1-7-8(4-3-5-11-7)9(2,10)6-12/h3-5,12H,6,10H2,1-2H3. The van der Waals surface area contributed by atoms with Gasteiger partial charge in [0.15, 0.2) is 0 Å². The van der Waals surface area contributed by atoms with Gasteiger partial charge >= 0.3 is 0 Å². The number of pyridine rings is 1. The van der Waals surface area contributed by atoms with Crippen LogP contribution in [0.25, 0.3) is 0 Å². The highest BCUT2D eigenvalue weighted by atomic mass is 16.3. The fraction of sp³-hybridized carbons (Fsp3) is 0.444. The number of aromatic nitrogens is 1. The number of aliphatic hydroxyl groups is 1. The Morgan fingerprint density at radius 2 is 2.33 bits per heavy atom. The van der Waals surface area contributed by atoms with E-state index in [9.17, 15) is 0 Å². The molecular formula is C9H14N2O. The Morgan fingerprint density at radius 3 is 2.83 bits per heavy atom. The van der Waals surface area contributed by atoms with Gasteiger partial charge in [-0.15, -0.1) is 0 Å². The number of hydrogen-bond donors (Lipinski definition) is 2. The van der Waals surface area contributed by atoms with Crippen molar-refractivity contribution in [3.05, 3.63) is 29.6 Å². The Kier molecular flexibility index (Phi) is 2.45. The number of nitrogens with two attached hydrogens (primary N) is 1. The first kappa shape index (κ1) is 9.16. The van der Waals surface area contributed by atoms with Crippen molar-refractivity contribution >= 4 is 0 Å². The highest BCUT2D eigenvalue weighted by Crippen LogP contribution is 2.18. The zero-order valence-electron chi connectivity index (χ0n) is 7.41. The molecule has 0 bridgehead atoms. The van der Waals surface area contributed by atoms with E-state index in [-0.39, 0.29) is 6.61 Å². The van der Waals surface area contributed by atoms with E-state index in [0.29, 0.717) is 0 Å². The van der Waals surface area contributed by atoms with Crippen LogP contribution in [0.3, 0.4) is 0 Å². The zero-order valence-corrected chi connectivity index (χ0v) is 7.41. The van der Waals surface area contributed by atoms with Crippen molar-refractivity contribution in [1.82, 2.24) is 4.98 Å². The van der Waals surface area contributed by atoms with E-state index in [1.807, 2.05) is 19.1 Å². The van der Waals surface area contributed by atoms with Gasteiger partial charge in [-0.2, -0.15) is 0 Å². The lowest BCUT2D eigenvalue weighted by molar-refractivity contribution is 0.209. The molecule has 0 saturated carbocycles. The van der Waals surface area contributed by atoms with Gasteiger partial charge in [0.1, 0.15) is 0 Å². The van der Waals surface area contributed by atoms with Crippen LogP contribution >= 0.6 is 0 Å². The smallest absolute Gasteiger partial charge is 0.0651 e. The van der Waals surface area contributed by atoms with Gasteiger partial charge in [0.05, 0.1) is 12.1 Å². The second kappa shape index (κ2) is 3.21. The topological polar surface area (TPSA) is 59.1 Å². The largest absolute Gasteiger partial charge is 0.394 e. The van der Waals surface area contributed by atoms with Crippen LogP contribution in [0.4, 0.5) is 0 Å². The molecule has 66 valence electrons. The first-order valence-corrected chi connectivity index (χ1v) is 3.90. The van der Waals surface area contributed by atoms with E-state index in [0.717, 1.165) is 11.3 Å². The van der Waals surface area contributed by atoms with Crippen molar-refractivity contribution in [3.8, 4) is 0 Å². The monoisotopic (exact) mass is 166 g/mol. The SMILES string of the molecule is Cc1ncccc1C(C)(N)CO. The fourth-order valence-corrected chi connectivity index (χ4v) is 1.17. The molecule has 0 aliphatic rings. The summed E-state index contributed by atoms with van der Waals surface area (Å²) < 4.78 is 0. The lowest BCUT2D eigenvalue weighted by Crippen LogP contribution is -2.37. The molecule has 1 atom stereocenters. The van der Waals surface area contributed by atoms with E-state index in [4.69, 9.17) is 10.8 Å². The van der Waals surface area contributed by atoms with Crippen LogP contribution in [0, 0.1) is 6.92 Å². The maximum Gasteiger partial charge on any atom is 0.0651 e. The average Bonchev–Trinajstić information content (AvgIpc) is 2.05. The van der Waals surface area contributed by atoms with Gasteiger partial charge in [-0.05, 0) is 25.5 Å². The first-order chi connectivity index (χ1) is 5.58. The summed E-state index contributed by atoms with van der Waals surface area (Å²) >= 11 is 0. The van der Waals surface area contributed by atoms with Gasteiger partial charge < -0.3 is 10.8 Å². The molecule has 0 radical (unpaired) electrons. The van der Waals surface area contributed by atoms with E-state index < -0.39 is 5.54 Å². The van der Waals surface area contributed by atoms with Gasteiger partial charge in [-0.25, -0.2) is 0 Å². The summed E-state index contributed by atoms with van der Waals surface area (Å²) in [6.07, 6.45) is 1.71. The number of aryl methyl sites for hydroxylation is 1. The summed E-state index contributed by atoms with van der Waals surface area (Å²) in [5.74, 6) is 0. The summed E-state index contributed by atoms with van der Waals surface area (Å²) in [6.45, 7) is 3.60. The van der Waals surface area contributed by atoms with Crippen LogP contribution in [0.5, 0.6) is 0 Å². The predicted molar refractivity (Wildman–Crippen MR) is 47.6 cm³/mol. The number of aliphatic hydroxyl groups excluding tert-OH is 1. The summed E-state index contributed by atoms with van der Waals surface area (Å²) in [7, 11) is 0. The van der Waals surface area contributed by atoms with Crippen molar-refractivity contribution in [1.29, 1.82) is 0 Å². The quantitative estimate of drug-likeness (QED) is 0.674. The highest BCUT2D eigenvalue weighted by Gasteiger charge is 2.21. The number of rotatable bonds is 2. The minimum Gasteiger partial charge on any atom is -0.394 e. The van der Waals surface area contributed by atoms with Crippen molar-refractivity contribution < 1.29 is 5.11 Å². The molecule has 12 heavy (non-hydrogen) atoms. The molecular weight excluding hydrogens is 152 g/mol. The molecule has 0 amide bonds. The molecule has 0 aromatic carbocycles. The maximum absolute atomic E-state index is 9.02. The normalized spacial score (nSPS) is 15.7. The van der Waals surface area contributed by atoms with E-state index >= 15 is 0 Å². The molecule has 1 heterocycles. The molecule has 0 fully saturated rings. The van der Waals surface area contributed by atoms with E-state index in [2.05, 4.69) is 4.98 Å². The zero-order chi connectivity index (χ0) is 9.19. The van der Waals surface area contributed by atoms with Crippen molar-refractivity contribution in [3.63, 3.8) is 0 Å². The molecule has 0 saturated heterocycles.